The average Bonchev–Trinajstić information content (AvgIpc) is 2.67. The summed E-state index contributed by atoms with van der Waals surface area (Å²) in [5.41, 5.74) is 7.89. The molecule has 1 aliphatic carbocycles. The van der Waals surface area contributed by atoms with Crippen molar-refractivity contribution in [3.8, 4) is 5.75 Å². The highest BCUT2D eigenvalue weighted by Crippen LogP contribution is 2.38. The molecule has 1 atom stereocenters. The highest BCUT2D eigenvalue weighted by Gasteiger charge is 2.29. The highest BCUT2D eigenvalue weighted by atomic mass is 16.5. The second-order valence-corrected chi connectivity index (χ2v) is 6.70. The average molecular weight is 274 g/mol. The molecule has 1 aromatic carbocycles. The van der Waals surface area contributed by atoms with Gasteiger partial charge in [-0.2, -0.15) is 0 Å². The van der Waals surface area contributed by atoms with Gasteiger partial charge in [0.05, 0.1) is 6.10 Å². The van der Waals surface area contributed by atoms with Gasteiger partial charge in [-0.15, -0.1) is 0 Å². The van der Waals surface area contributed by atoms with E-state index in [1.165, 1.54) is 12.8 Å². The first kappa shape index (κ1) is 13.4. The molecule has 1 aromatic rings. The molecule has 2 aliphatic rings. The molecule has 1 fully saturated rings. The Balaban J connectivity index is 1.68. The van der Waals surface area contributed by atoms with Gasteiger partial charge in [-0.05, 0) is 37.2 Å². The van der Waals surface area contributed by atoms with E-state index in [0.29, 0.717) is 5.41 Å². The Hall–Kier alpha value is -1.55. The molecule has 108 valence electrons. The van der Waals surface area contributed by atoms with E-state index in [4.69, 9.17) is 10.5 Å². The number of carbonyl (C=O) groups is 1. The van der Waals surface area contributed by atoms with Crippen LogP contribution in [0.15, 0.2) is 18.2 Å². The monoisotopic (exact) mass is 274 g/mol. The normalized spacial score (nSPS) is 25.1. The lowest BCUT2D eigenvalue weighted by molar-refractivity contribution is -0.116. The van der Waals surface area contributed by atoms with Crippen molar-refractivity contribution in [1.29, 1.82) is 0 Å². The summed E-state index contributed by atoms with van der Waals surface area (Å²) in [6.07, 6.45) is 4.87. The first-order valence-corrected chi connectivity index (χ1v) is 7.32. The maximum absolute atomic E-state index is 11.5. The smallest absolute Gasteiger partial charge is 0.245 e. The highest BCUT2D eigenvalue weighted by molar-refractivity contribution is 6.02. The van der Waals surface area contributed by atoms with Gasteiger partial charge >= 0.3 is 0 Å². The van der Waals surface area contributed by atoms with E-state index < -0.39 is 6.04 Å². The first-order chi connectivity index (χ1) is 9.44. The topological polar surface area (TPSA) is 64.3 Å². The molecule has 3 rings (SSSR count). The fourth-order valence-electron chi connectivity index (χ4n) is 3.02. The van der Waals surface area contributed by atoms with E-state index in [9.17, 15) is 4.79 Å². The lowest BCUT2D eigenvalue weighted by atomic mass is 9.76. The van der Waals surface area contributed by atoms with Crippen molar-refractivity contribution in [2.24, 2.45) is 11.1 Å². The van der Waals surface area contributed by atoms with Crippen molar-refractivity contribution in [2.45, 2.75) is 51.7 Å². The fraction of sp³-hybridized carbons (Fsp3) is 0.562. The van der Waals surface area contributed by atoms with Crippen molar-refractivity contribution in [2.75, 3.05) is 5.32 Å². The SMILES string of the molecule is CC1(C)CCC(Oc2ccc3c(c2)NC(=O)C3N)CC1. The van der Waals surface area contributed by atoms with Crippen LogP contribution in [0, 0.1) is 5.41 Å². The van der Waals surface area contributed by atoms with Crippen LogP contribution in [0.4, 0.5) is 5.69 Å². The molecular weight excluding hydrogens is 252 g/mol. The standard InChI is InChI=1S/C16H22N2O2/c1-16(2)7-5-10(6-8-16)20-11-3-4-12-13(9-11)18-15(19)14(12)17/h3-4,9-10,14H,5-8,17H2,1-2H3,(H,18,19). The first-order valence-electron chi connectivity index (χ1n) is 7.32. The van der Waals surface area contributed by atoms with E-state index in [2.05, 4.69) is 19.2 Å². The predicted molar refractivity (Wildman–Crippen MR) is 78.7 cm³/mol. The summed E-state index contributed by atoms with van der Waals surface area (Å²) in [7, 11) is 0. The predicted octanol–water partition coefficient (Wildman–Crippen LogP) is 2.99. The molecule has 1 amide bonds. The van der Waals surface area contributed by atoms with Gasteiger partial charge in [0.1, 0.15) is 11.8 Å². The van der Waals surface area contributed by atoms with Crippen LogP contribution in [0.1, 0.15) is 51.1 Å². The largest absolute Gasteiger partial charge is 0.490 e. The van der Waals surface area contributed by atoms with Gasteiger partial charge in [0.2, 0.25) is 5.91 Å². The summed E-state index contributed by atoms with van der Waals surface area (Å²) in [4.78, 5) is 11.5. The summed E-state index contributed by atoms with van der Waals surface area (Å²) in [6.45, 7) is 4.63. The van der Waals surface area contributed by atoms with Gasteiger partial charge in [-0.25, -0.2) is 0 Å². The second kappa shape index (κ2) is 4.77. The van der Waals surface area contributed by atoms with Crippen molar-refractivity contribution in [1.82, 2.24) is 0 Å². The quantitative estimate of drug-likeness (QED) is 0.871. The molecular formula is C16H22N2O2. The molecule has 1 aliphatic heterocycles. The Morgan fingerprint density at radius 3 is 2.70 bits per heavy atom. The zero-order valence-electron chi connectivity index (χ0n) is 12.1. The summed E-state index contributed by atoms with van der Waals surface area (Å²) >= 11 is 0. The molecule has 0 radical (unpaired) electrons. The number of hydrogen-bond acceptors (Lipinski definition) is 3. The second-order valence-electron chi connectivity index (χ2n) is 6.70. The van der Waals surface area contributed by atoms with Crippen LogP contribution in [0.2, 0.25) is 0 Å². The summed E-state index contributed by atoms with van der Waals surface area (Å²) in [6, 6.07) is 5.15. The maximum atomic E-state index is 11.5. The molecule has 20 heavy (non-hydrogen) atoms. The van der Waals surface area contributed by atoms with Crippen LogP contribution in [-0.2, 0) is 4.79 Å². The fourth-order valence-corrected chi connectivity index (χ4v) is 3.02. The van der Waals surface area contributed by atoms with Crippen molar-refractivity contribution >= 4 is 11.6 Å². The van der Waals surface area contributed by atoms with Crippen LogP contribution in [0.3, 0.4) is 0 Å². The number of carbonyl (C=O) groups excluding carboxylic acids is 1. The summed E-state index contributed by atoms with van der Waals surface area (Å²) in [5, 5.41) is 2.79. The Kier molecular flexibility index (Phi) is 3.21. The van der Waals surface area contributed by atoms with Crippen LogP contribution in [0.25, 0.3) is 0 Å². The van der Waals surface area contributed by atoms with E-state index >= 15 is 0 Å². The summed E-state index contributed by atoms with van der Waals surface area (Å²) < 4.78 is 6.05. The molecule has 0 saturated heterocycles. The van der Waals surface area contributed by atoms with Gasteiger partial charge in [-0.1, -0.05) is 19.9 Å². The van der Waals surface area contributed by atoms with E-state index in [1.54, 1.807) is 0 Å². The van der Waals surface area contributed by atoms with Gasteiger partial charge in [0, 0.05) is 17.3 Å². The third-order valence-electron chi connectivity index (χ3n) is 4.49. The minimum atomic E-state index is -0.547. The van der Waals surface area contributed by atoms with Crippen molar-refractivity contribution in [3.63, 3.8) is 0 Å². The number of benzene rings is 1. The van der Waals surface area contributed by atoms with Crippen LogP contribution >= 0.6 is 0 Å². The molecule has 1 saturated carbocycles. The number of nitrogens with one attached hydrogen (secondary N) is 1. The summed E-state index contributed by atoms with van der Waals surface area (Å²) in [5.74, 6) is 0.680. The molecule has 0 spiro atoms. The third kappa shape index (κ3) is 2.52. The Bertz CT molecular complexity index is 529. The van der Waals surface area contributed by atoms with Gasteiger partial charge < -0.3 is 15.8 Å². The van der Waals surface area contributed by atoms with Crippen LogP contribution in [0.5, 0.6) is 5.75 Å². The molecule has 4 nitrogen and oxygen atoms in total. The van der Waals surface area contributed by atoms with Gasteiger partial charge in [-0.3, -0.25) is 4.79 Å². The van der Waals surface area contributed by atoms with Gasteiger partial charge in [0.15, 0.2) is 0 Å². The third-order valence-corrected chi connectivity index (χ3v) is 4.49. The van der Waals surface area contributed by atoms with Crippen molar-refractivity contribution in [3.05, 3.63) is 23.8 Å². The Morgan fingerprint density at radius 2 is 2.00 bits per heavy atom. The zero-order chi connectivity index (χ0) is 14.3. The van der Waals surface area contributed by atoms with Crippen LogP contribution in [-0.4, -0.2) is 12.0 Å². The van der Waals surface area contributed by atoms with E-state index in [-0.39, 0.29) is 12.0 Å². The molecule has 0 aromatic heterocycles. The minimum absolute atomic E-state index is 0.142. The molecule has 0 bridgehead atoms. The number of rotatable bonds is 2. The van der Waals surface area contributed by atoms with E-state index in [1.807, 2.05) is 18.2 Å². The number of amides is 1. The van der Waals surface area contributed by atoms with Crippen molar-refractivity contribution < 1.29 is 9.53 Å². The maximum Gasteiger partial charge on any atom is 0.245 e. The molecule has 4 heteroatoms. The lowest BCUT2D eigenvalue weighted by Gasteiger charge is -2.34. The molecule has 1 heterocycles. The number of fused-ring (bicyclic) bond motifs is 1. The minimum Gasteiger partial charge on any atom is -0.490 e. The van der Waals surface area contributed by atoms with Crippen LogP contribution < -0.4 is 15.8 Å². The number of ether oxygens (including phenoxy) is 1. The number of nitrogens with two attached hydrogens (primary N) is 1. The molecule has 3 N–H and O–H groups in total. The Morgan fingerprint density at radius 1 is 1.30 bits per heavy atom. The Labute approximate surface area is 119 Å². The number of hydrogen-bond donors (Lipinski definition) is 2. The zero-order valence-corrected chi connectivity index (χ0v) is 12.1. The van der Waals surface area contributed by atoms with E-state index in [0.717, 1.165) is 29.8 Å². The molecule has 1 unspecified atom stereocenters. The van der Waals surface area contributed by atoms with Gasteiger partial charge in [0.25, 0.3) is 0 Å². The lowest BCUT2D eigenvalue weighted by Crippen LogP contribution is -2.28. The number of anilines is 1.